The van der Waals surface area contributed by atoms with Crippen molar-refractivity contribution in [3.8, 4) is 0 Å². The Morgan fingerprint density at radius 3 is 2.54 bits per heavy atom. The Labute approximate surface area is 155 Å². The maximum absolute atomic E-state index is 12.6. The molecule has 2 aliphatic heterocycles. The monoisotopic (exact) mass is 400 g/mol. The summed E-state index contributed by atoms with van der Waals surface area (Å²) in [6.07, 6.45) is -3.41. The summed E-state index contributed by atoms with van der Waals surface area (Å²) in [7, 11) is 0. The minimum absolute atomic E-state index is 0. The molecular weight excluding hydrogens is 377 g/mol. The van der Waals surface area contributed by atoms with Crippen LogP contribution in [-0.4, -0.2) is 73.0 Å². The van der Waals surface area contributed by atoms with Crippen molar-refractivity contribution in [3.63, 3.8) is 0 Å². The second-order valence-electron chi connectivity index (χ2n) is 6.49. The Morgan fingerprint density at radius 2 is 1.92 bits per heavy atom. The molecule has 11 heteroatoms. The maximum atomic E-state index is 12.6. The van der Waals surface area contributed by atoms with Gasteiger partial charge in [0.2, 0.25) is 17.7 Å². The Kier molecular flexibility index (Phi) is 8.14. The Hall–Kier alpha value is -1.55. The number of carbonyl (C=O) groups is 3. The first kappa shape index (κ1) is 22.5. The van der Waals surface area contributed by atoms with Gasteiger partial charge in [0.1, 0.15) is 6.54 Å². The quantitative estimate of drug-likeness (QED) is 0.685. The fourth-order valence-electron chi connectivity index (χ4n) is 3.30. The van der Waals surface area contributed by atoms with Gasteiger partial charge in [0.15, 0.2) is 0 Å². The van der Waals surface area contributed by atoms with Gasteiger partial charge in [-0.15, -0.1) is 12.4 Å². The van der Waals surface area contributed by atoms with Crippen LogP contribution in [0, 0.1) is 11.8 Å². The molecular formula is C15H24ClF3N4O3. The second kappa shape index (κ2) is 9.40. The van der Waals surface area contributed by atoms with Crippen LogP contribution in [0.25, 0.3) is 0 Å². The van der Waals surface area contributed by atoms with Crippen LogP contribution in [0.15, 0.2) is 0 Å². The van der Waals surface area contributed by atoms with Gasteiger partial charge in [0.25, 0.3) is 0 Å². The molecule has 2 heterocycles. The summed E-state index contributed by atoms with van der Waals surface area (Å²) >= 11 is 0. The van der Waals surface area contributed by atoms with Crippen LogP contribution in [0.3, 0.4) is 0 Å². The molecule has 2 fully saturated rings. The molecule has 0 saturated carbocycles. The molecule has 3 amide bonds. The van der Waals surface area contributed by atoms with E-state index in [2.05, 4.69) is 5.32 Å². The van der Waals surface area contributed by atoms with Crippen molar-refractivity contribution in [2.24, 2.45) is 17.6 Å². The number of carbonyl (C=O) groups excluding carboxylic acids is 3. The highest BCUT2D eigenvalue weighted by molar-refractivity contribution is 5.90. The number of halogens is 4. The van der Waals surface area contributed by atoms with E-state index in [-0.39, 0.29) is 49.6 Å². The minimum atomic E-state index is -4.48. The number of rotatable bonds is 5. The highest BCUT2D eigenvalue weighted by Crippen LogP contribution is 2.27. The zero-order chi connectivity index (χ0) is 18.6. The molecule has 2 atom stereocenters. The van der Waals surface area contributed by atoms with Gasteiger partial charge in [0, 0.05) is 39.1 Å². The summed E-state index contributed by atoms with van der Waals surface area (Å²) in [4.78, 5) is 38.5. The third-order valence-corrected chi connectivity index (χ3v) is 4.48. The van der Waals surface area contributed by atoms with Gasteiger partial charge in [-0.3, -0.25) is 14.4 Å². The third-order valence-electron chi connectivity index (χ3n) is 4.48. The number of likely N-dealkylation sites (tertiary alicyclic amines) is 2. The van der Waals surface area contributed by atoms with Crippen molar-refractivity contribution in [2.45, 2.75) is 25.4 Å². The third kappa shape index (κ3) is 6.01. The van der Waals surface area contributed by atoms with Crippen LogP contribution in [0.2, 0.25) is 0 Å². The number of piperidine rings is 1. The summed E-state index contributed by atoms with van der Waals surface area (Å²) in [5, 5.41) is 2.68. The number of amides is 3. The summed E-state index contributed by atoms with van der Waals surface area (Å²) < 4.78 is 37.4. The van der Waals surface area contributed by atoms with Crippen LogP contribution in [0.4, 0.5) is 13.2 Å². The number of nitrogens with two attached hydrogens (primary N) is 1. The molecule has 2 saturated heterocycles. The lowest BCUT2D eigenvalue weighted by atomic mass is 9.95. The van der Waals surface area contributed by atoms with Crippen molar-refractivity contribution in [2.75, 3.05) is 39.3 Å². The molecule has 0 spiro atoms. The molecule has 0 aromatic heterocycles. The Morgan fingerprint density at radius 1 is 1.23 bits per heavy atom. The predicted octanol–water partition coefficient (Wildman–Crippen LogP) is 0.133. The van der Waals surface area contributed by atoms with Crippen LogP contribution in [0.1, 0.15) is 19.3 Å². The molecule has 0 aliphatic carbocycles. The van der Waals surface area contributed by atoms with Gasteiger partial charge in [0.05, 0.1) is 11.8 Å². The van der Waals surface area contributed by atoms with Crippen molar-refractivity contribution in [1.29, 1.82) is 0 Å². The first-order valence-electron chi connectivity index (χ1n) is 8.32. The van der Waals surface area contributed by atoms with Crippen LogP contribution < -0.4 is 11.1 Å². The van der Waals surface area contributed by atoms with Crippen LogP contribution in [-0.2, 0) is 14.4 Å². The average molecular weight is 401 g/mol. The SMILES string of the molecule is Cl.NCCNC(=O)C1CCCN(C(=O)C2CC(=O)N(CC(F)(F)F)C2)C1. The average Bonchev–Trinajstić information content (AvgIpc) is 2.91. The van der Waals surface area contributed by atoms with Gasteiger partial charge in [-0.25, -0.2) is 0 Å². The lowest BCUT2D eigenvalue weighted by Crippen LogP contribution is -2.48. The van der Waals surface area contributed by atoms with Gasteiger partial charge < -0.3 is 20.9 Å². The first-order valence-corrected chi connectivity index (χ1v) is 8.32. The highest BCUT2D eigenvalue weighted by Gasteiger charge is 2.42. The maximum Gasteiger partial charge on any atom is 0.406 e. The standard InChI is InChI=1S/C15H23F3N4O3.ClH/c16-15(17,18)9-22-8-11(6-12(22)23)14(25)21-5-1-2-10(7-21)13(24)20-4-3-19;/h10-11H,1-9,19H2,(H,20,24);1H. The van der Waals surface area contributed by atoms with E-state index in [1.807, 2.05) is 0 Å². The van der Waals surface area contributed by atoms with Gasteiger partial charge >= 0.3 is 6.18 Å². The van der Waals surface area contributed by atoms with Gasteiger partial charge in [-0.05, 0) is 12.8 Å². The molecule has 150 valence electrons. The molecule has 2 aliphatic rings. The van der Waals surface area contributed by atoms with E-state index in [9.17, 15) is 27.6 Å². The molecule has 2 unspecified atom stereocenters. The molecule has 0 bridgehead atoms. The van der Waals surface area contributed by atoms with E-state index in [1.54, 1.807) is 0 Å². The molecule has 0 aromatic rings. The fraction of sp³-hybridized carbons (Fsp3) is 0.800. The smallest absolute Gasteiger partial charge is 0.355 e. The molecule has 2 rings (SSSR count). The highest BCUT2D eigenvalue weighted by atomic mass is 35.5. The molecule has 7 nitrogen and oxygen atoms in total. The number of hydrogen-bond donors (Lipinski definition) is 2. The zero-order valence-electron chi connectivity index (χ0n) is 14.3. The normalized spacial score (nSPS) is 23.6. The van der Waals surface area contributed by atoms with E-state index >= 15 is 0 Å². The minimum Gasteiger partial charge on any atom is -0.355 e. The lowest BCUT2D eigenvalue weighted by molar-refractivity contribution is -0.157. The largest absolute Gasteiger partial charge is 0.406 e. The first-order chi connectivity index (χ1) is 11.7. The van der Waals surface area contributed by atoms with E-state index < -0.39 is 24.5 Å². The summed E-state index contributed by atoms with van der Waals surface area (Å²) in [5.74, 6) is -2.32. The fourth-order valence-corrected chi connectivity index (χ4v) is 3.30. The summed E-state index contributed by atoms with van der Waals surface area (Å²) in [5.41, 5.74) is 5.34. The zero-order valence-corrected chi connectivity index (χ0v) is 15.1. The number of hydrogen-bond acceptors (Lipinski definition) is 4. The Bertz CT molecular complexity index is 533. The molecule has 26 heavy (non-hydrogen) atoms. The molecule has 3 N–H and O–H groups in total. The van der Waals surface area contributed by atoms with Gasteiger partial charge in [-0.1, -0.05) is 0 Å². The lowest BCUT2D eigenvalue weighted by Gasteiger charge is -2.33. The van der Waals surface area contributed by atoms with E-state index in [0.29, 0.717) is 37.4 Å². The molecule has 0 aromatic carbocycles. The topological polar surface area (TPSA) is 95.7 Å². The van der Waals surface area contributed by atoms with E-state index in [1.165, 1.54) is 4.90 Å². The van der Waals surface area contributed by atoms with Gasteiger partial charge in [-0.2, -0.15) is 13.2 Å². The predicted molar refractivity (Wildman–Crippen MR) is 89.4 cm³/mol. The number of alkyl halides is 3. The van der Waals surface area contributed by atoms with E-state index in [4.69, 9.17) is 5.73 Å². The van der Waals surface area contributed by atoms with E-state index in [0.717, 1.165) is 0 Å². The number of nitrogens with one attached hydrogen (secondary N) is 1. The van der Waals surface area contributed by atoms with Crippen molar-refractivity contribution in [1.82, 2.24) is 15.1 Å². The van der Waals surface area contributed by atoms with Crippen LogP contribution in [0.5, 0.6) is 0 Å². The summed E-state index contributed by atoms with van der Waals surface area (Å²) in [6.45, 7) is -0.215. The Balaban J connectivity index is 0.00000338. The van der Waals surface area contributed by atoms with Crippen LogP contribution >= 0.6 is 12.4 Å². The van der Waals surface area contributed by atoms with Crippen molar-refractivity contribution < 1.29 is 27.6 Å². The van der Waals surface area contributed by atoms with Crippen molar-refractivity contribution >= 4 is 30.1 Å². The second-order valence-corrected chi connectivity index (χ2v) is 6.49. The van der Waals surface area contributed by atoms with Crippen molar-refractivity contribution in [3.05, 3.63) is 0 Å². The summed E-state index contributed by atoms with van der Waals surface area (Å²) in [6, 6.07) is 0. The number of nitrogens with zero attached hydrogens (tertiary/aromatic N) is 2. The molecule has 0 radical (unpaired) electrons.